The van der Waals surface area contributed by atoms with Crippen LogP contribution in [0.1, 0.15) is 23.7 Å². The molecule has 1 aliphatic heterocycles. The molecule has 3 rings (SSSR count). The highest BCUT2D eigenvalue weighted by atomic mass is 35.5. The summed E-state index contributed by atoms with van der Waals surface area (Å²) in [7, 11) is 0. The summed E-state index contributed by atoms with van der Waals surface area (Å²) in [5.74, 6) is -4.36. The van der Waals surface area contributed by atoms with Crippen molar-refractivity contribution >= 4 is 40.8 Å². The van der Waals surface area contributed by atoms with Gasteiger partial charge in [0.1, 0.15) is 0 Å². The highest BCUT2D eigenvalue weighted by Gasteiger charge is 2.30. The van der Waals surface area contributed by atoms with Crippen molar-refractivity contribution in [2.45, 2.75) is 19.4 Å². The first-order chi connectivity index (χ1) is 13.3. The van der Waals surface area contributed by atoms with Crippen LogP contribution in [0, 0.1) is 11.6 Å². The molecule has 0 aliphatic carbocycles. The molecule has 0 aromatic heterocycles. The van der Waals surface area contributed by atoms with Crippen LogP contribution in [0.4, 0.5) is 20.2 Å². The lowest BCUT2D eigenvalue weighted by molar-refractivity contribution is -0.122. The van der Waals surface area contributed by atoms with Crippen molar-refractivity contribution in [2.24, 2.45) is 0 Å². The number of hydrogen-bond acceptors (Lipinski definition) is 4. The molecule has 2 aromatic rings. The fraction of sp³-hybridized carbons (Fsp3) is 0.211. The first-order valence-electron chi connectivity index (χ1n) is 8.30. The van der Waals surface area contributed by atoms with Gasteiger partial charge in [0.15, 0.2) is 18.2 Å². The molecule has 2 aromatic carbocycles. The Kier molecular flexibility index (Phi) is 5.60. The second-order valence-electron chi connectivity index (χ2n) is 6.20. The van der Waals surface area contributed by atoms with Gasteiger partial charge in [-0.05, 0) is 31.2 Å². The molecule has 9 heteroatoms. The number of amides is 2. The van der Waals surface area contributed by atoms with Crippen molar-refractivity contribution < 1.29 is 27.9 Å². The number of halogens is 3. The quantitative estimate of drug-likeness (QED) is 0.622. The molecule has 146 valence electrons. The SMILES string of the molecule is C[C@@H]1CC(=O)Nc2ccccc2N1C(=O)COC(=O)c1cc(F)c(F)cc1Cl. The van der Waals surface area contributed by atoms with Crippen LogP contribution in [0.2, 0.25) is 5.02 Å². The van der Waals surface area contributed by atoms with Crippen LogP contribution < -0.4 is 10.2 Å². The minimum Gasteiger partial charge on any atom is -0.452 e. The van der Waals surface area contributed by atoms with E-state index in [2.05, 4.69) is 5.32 Å². The molecule has 1 heterocycles. The van der Waals surface area contributed by atoms with Gasteiger partial charge < -0.3 is 15.0 Å². The van der Waals surface area contributed by atoms with Crippen LogP contribution in [0.15, 0.2) is 36.4 Å². The van der Waals surface area contributed by atoms with Gasteiger partial charge in [-0.3, -0.25) is 9.59 Å². The number of benzene rings is 2. The minimum absolute atomic E-state index is 0.0589. The fourth-order valence-electron chi connectivity index (χ4n) is 2.92. The van der Waals surface area contributed by atoms with Crippen molar-refractivity contribution in [1.29, 1.82) is 0 Å². The molecule has 1 aliphatic rings. The Balaban J connectivity index is 1.78. The normalized spacial score (nSPS) is 16.1. The Morgan fingerprint density at radius 3 is 2.68 bits per heavy atom. The molecule has 0 fully saturated rings. The van der Waals surface area contributed by atoms with Crippen LogP contribution in [0.25, 0.3) is 0 Å². The Morgan fingerprint density at radius 1 is 1.25 bits per heavy atom. The number of carbonyl (C=O) groups excluding carboxylic acids is 3. The van der Waals surface area contributed by atoms with E-state index in [1.807, 2.05) is 0 Å². The number of anilines is 2. The number of fused-ring (bicyclic) bond motifs is 1. The van der Waals surface area contributed by atoms with Gasteiger partial charge in [-0.15, -0.1) is 0 Å². The van der Waals surface area contributed by atoms with E-state index in [9.17, 15) is 23.2 Å². The summed E-state index contributed by atoms with van der Waals surface area (Å²) >= 11 is 5.74. The summed E-state index contributed by atoms with van der Waals surface area (Å²) in [5.41, 5.74) is 0.530. The second-order valence-corrected chi connectivity index (χ2v) is 6.61. The third-order valence-corrected chi connectivity index (χ3v) is 4.50. The van der Waals surface area contributed by atoms with E-state index in [0.29, 0.717) is 23.5 Å². The van der Waals surface area contributed by atoms with E-state index in [-0.39, 0.29) is 17.4 Å². The summed E-state index contributed by atoms with van der Waals surface area (Å²) in [6, 6.07) is 7.50. The average Bonchev–Trinajstić information content (AvgIpc) is 2.76. The molecule has 28 heavy (non-hydrogen) atoms. The van der Waals surface area contributed by atoms with Gasteiger partial charge in [0, 0.05) is 12.5 Å². The molecule has 2 amide bonds. The third kappa shape index (κ3) is 3.96. The van der Waals surface area contributed by atoms with Gasteiger partial charge in [-0.25, -0.2) is 13.6 Å². The zero-order valence-corrected chi connectivity index (χ0v) is 15.4. The number of nitrogens with one attached hydrogen (secondary N) is 1. The summed E-state index contributed by atoms with van der Waals surface area (Å²) in [5, 5.41) is 2.38. The van der Waals surface area contributed by atoms with E-state index in [1.165, 1.54) is 4.90 Å². The predicted octanol–water partition coefficient (Wildman–Crippen LogP) is 3.54. The van der Waals surface area contributed by atoms with Crippen molar-refractivity contribution in [3.05, 3.63) is 58.6 Å². The lowest BCUT2D eigenvalue weighted by Gasteiger charge is -2.27. The van der Waals surface area contributed by atoms with E-state index in [1.54, 1.807) is 31.2 Å². The van der Waals surface area contributed by atoms with Crippen molar-refractivity contribution in [3.63, 3.8) is 0 Å². The summed E-state index contributed by atoms with van der Waals surface area (Å²) < 4.78 is 31.4. The van der Waals surface area contributed by atoms with Crippen molar-refractivity contribution in [1.82, 2.24) is 0 Å². The molecule has 0 spiro atoms. The van der Waals surface area contributed by atoms with E-state index < -0.39 is 41.7 Å². The Hall–Kier alpha value is -3.00. The number of nitrogens with zero attached hydrogens (tertiary/aromatic N) is 1. The molecule has 0 saturated heterocycles. The Bertz CT molecular complexity index is 967. The highest BCUT2D eigenvalue weighted by molar-refractivity contribution is 6.33. The number of carbonyl (C=O) groups is 3. The van der Waals surface area contributed by atoms with Gasteiger partial charge in [-0.2, -0.15) is 0 Å². The lowest BCUT2D eigenvalue weighted by atomic mass is 10.1. The number of hydrogen-bond donors (Lipinski definition) is 1. The van der Waals surface area contributed by atoms with E-state index in [4.69, 9.17) is 16.3 Å². The average molecular weight is 409 g/mol. The summed E-state index contributed by atoms with van der Waals surface area (Å²) in [6.45, 7) is 1.02. The molecule has 0 unspecified atom stereocenters. The zero-order chi connectivity index (χ0) is 20.4. The van der Waals surface area contributed by atoms with Crippen molar-refractivity contribution in [3.8, 4) is 0 Å². The monoisotopic (exact) mass is 408 g/mol. The van der Waals surface area contributed by atoms with E-state index >= 15 is 0 Å². The van der Waals surface area contributed by atoms with Crippen LogP contribution in [0.5, 0.6) is 0 Å². The maximum absolute atomic E-state index is 13.4. The highest BCUT2D eigenvalue weighted by Crippen LogP contribution is 2.31. The second kappa shape index (κ2) is 7.93. The number of ether oxygens (including phenoxy) is 1. The first-order valence-corrected chi connectivity index (χ1v) is 8.68. The molecular formula is C19H15ClF2N2O4. The van der Waals surface area contributed by atoms with Gasteiger partial charge in [0.25, 0.3) is 5.91 Å². The molecule has 1 N–H and O–H groups in total. The first kappa shape index (κ1) is 19.8. The fourth-order valence-corrected chi connectivity index (χ4v) is 3.15. The van der Waals surface area contributed by atoms with Gasteiger partial charge >= 0.3 is 5.97 Å². The van der Waals surface area contributed by atoms with Crippen LogP contribution in [0.3, 0.4) is 0 Å². The van der Waals surface area contributed by atoms with Crippen LogP contribution >= 0.6 is 11.6 Å². The van der Waals surface area contributed by atoms with Crippen LogP contribution in [-0.2, 0) is 14.3 Å². The van der Waals surface area contributed by atoms with Crippen molar-refractivity contribution in [2.75, 3.05) is 16.8 Å². The number of rotatable bonds is 3. The van der Waals surface area contributed by atoms with Gasteiger partial charge in [0.2, 0.25) is 5.91 Å². The number of esters is 1. The summed E-state index contributed by atoms with van der Waals surface area (Å²) in [4.78, 5) is 38.2. The van der Waals surface area contributed by atoms with Crippen LogP contribution in [-0.4, -0.2) is 30.4 Å². The molecular weight excluding hydrogens is 394 g/mol. The number of para-hydroxylation sites is 2. The molecule has 0 saturated carbocycles. The smallest absolute Gasteiger partial charge is 0.340 e. The molecule has 6 nitrogen and oxygen atoms in total. The molecule has 0 radical (unpaired) electrons. The topological polar surface area (TPSA) is 75.7 Å². The van der Waals surface area contributed by atoms with E-state index in [0.717, 1.165) is 0 Å². The summed E-state index contributed by atoms with van der Waals surface area (Å²) in [6.07, 6.45) is 0.0589. The lowest BCUT2D eigenvalue weighted by Crippen LogP contribution is -2.41. The minimum atomic E-state index is -1.26. The Morgan fingerprint density at radius 2 is 1.93 bits per heavy atom. The molecule has 1 atom stereocenters. The maximum atomic E-state index is 13.4. The zero-order valence-electron chi connectivity index (χ0n) is 14.7. The molecule has 0 bridgehead atoms. The van der Waals surface area contributed by atoms with Gasteiger partial charge in [0.05, 0.1) is 22.0 Å². The standard InChI is InChI=1S/C19H15ClF2N2O4/c1-10-6-17(25)23-15-4-2-3-5-16(15)24(10)18(26)9-28-19(27)11-7-13(21)14(22)8-12(11)20/h2-5,7-8,10H,6,9H2,1H3,(H,23,25)/t10-/m1/s1. The predicted molar refractivity (Wildman–Crippen MR) is 98.3 cm³/mol. The third-order valence-electron chi connectivity index (χ3n) is 4.18. The largest absolute Gasteiger partial charge is 0.452 e. The van der Waals surface area contributed by atoms with Gasteiger partial charge in [-0.1, -0.05) is 23.7 Å². The maximum Gasteiger partial charge on any atom is 0.340 e. The Labute approximate surface area is 164 Å².